The van der Waals surface area contributed by atoms with Crippen molar-refractivity contribution in [2.75, 3.05) is 19.8 Å². The van der Waals surface area contributed by atoms with Gasteiger partial charge in [-0.15, -0.1) is 0 Å². The van der Waals surface area contributed by atoms with Crippen LogP contribution in [0, 0.1) is 29.6 Å². The van der Waals surface area contributed by atoms with Crippen LogP contribution in [0.3, 0.4) is 0 Å². The van der Waals surface area contributed by atoms with Gasteiger partial charge in [-0.25, -0.2) is 0 Å². The van der Waals surface area contributed by atoms with Gasteiger partial charge in [-0.3, -0.25) is 14.4 Å². The van der Waals surface area contributed by atoms with E-state index in [2.05, 4.69) is 19.2 Å². The van der Waals surface area contributed by atoms with E-state index < -0.39 is 29.8 Å². The Bertz CT molecular complexity index is 677. The minimum Gasteiger partial charge on any atom is -0.466 e. The molecule has 1 aliphatic heterocycles. The Hall–Kier alpha value is -1.89. The van der Waals surface area contributed by atoms with Crippen molar-refractivity contribution in [3.8, 4) is 0 Å². The first-order chi connectivity index (χ1) is 15.3. The van der Waals surface area contributed by atoms with Crippen molar-refractivity contribution >= 4 is 17.8 Å². The van der Waals surface area contributed by atoms with E-state index in [0.717, 1.165) is 32.1 Å². The lowest BCUT2D eigenvalue weighted by molar-refractivity contribution is -0.156. The number of hydrogen-bond acceptors (Lipinski definition) is 5. The Morgan fingerprint density at radius 2 is 1.88 bits per heavy atom. The van der Waals surface area contributed by atoms with Crippen molar-refractivity contribution < 1.29 is 24.2 Å². The zero-order valence-corrected chi connectivity index (χ0v) is 20.4. The highest BCUT2D eigenvalue weighted by Gasteiger charge is 2.59. The number of rotatable bonds is 12. The number of likely N-dealkylation sites (tertiary alicyclic amines) is 1. The maximum absolute atomic E-state index is 13.8. The van der Waals surface area contributed by atoms with Crippen LogP contribution in [0.2, 0.25) is 0 Å². The molecule has 182 valence electrons. The summed E-state index contributed by atoms with van der Waals surface area (Å²) < 4.78 is 5.38. The molecule has 1 heterocycles. The van der Waals surface area contributed by atoms with Gasteiger partial charge in [-0.05, 0) is 31.6 Å². The number of amides is 2. The topological polar surface area (TPSA) is 95.9 Å². The molecule has 2 amide bonds. The largest absolute Gasteiger partial charge is 0.466 e. The predicted octanol–water partition coefficient (Wildman–Crippen LogP) is 2.92. The Morgan fingerprint density at radius 3 is 2.44 bits per heavy atom. The Labute approximate surface area is 192 Å². The van der Waals surface area contributed by atoms with Crippen LogP contribution in [0.5, 0.6) is 0 Å². The van der Waals surface area contributed by atoms with Crippen LogP contribution in [0.1, 0.15) is 66.7 Å². The molecule has 0 spiro atoms. The first-order valence-electron chi connectivity index (χ1n) is 12.4. The lowest BCUT2D eigenvalue weighted by atomic mass is 9.69. The van der Waals surface area contributed by atoms with Gasteiger partial charge in [0.1, 0.15) is 6.04 Å². The average Bonchev–Trinajstić information content (AvgIpc) is 3.04. The molecule has 1 fully saturated rings. The average molecular weight is 451 g/mol. The van der Waals surface area contributed by atoms with E-state index >= 15 is 0 Å². The highest BCUT2D eigenvalue weighted by atomic mass is 16.5. The van der Waals surface area contributed by atoms with E-state index in [1.165, 1.54) is 0 Å². The van der Waals surface area contributed by atoms with Crippen LogP contribution >= 0.6 is 0 Å². The van der Waals surface area contributed by atoms with Crippen LogP contribution in [0.4, 0.5) is 0 Å². The van der Waals surface area contributed by atoms with Crippen molar-refractivity contribution in [1.29, 1.82) is 0 Å². The Kier molecular flexibility index (Phi) is 10.2. The van der Waals surface area contributed by atoms with Crippen molar-refractivity contribution in [3.05, 3.63) is 12.2 Å². The summed E-state index contributed by atoms with van der Waals surface area (Å²) in [6.45, 7) is 10.4. The zero-order valence-electron chi connectivity index (χ0n) is 20.4. The molecule has 7 heteroatoms. The molecule has 0 radical (unpaired) electrons. The Morgan fingerprint density at radius 1 is 1.16 bits per heavy atom. The second kappa shape index (κ2) is 12.4. The number of ether oxygens (including phenoxy) is 1. The maximum Gasteiger partial charge on any atom is 0.310 e. The molecule has 0 aromatic heterocycles. The number of esters is 1. The minimum absolute atomic E-state index is 0.0315. The SMILES string of the molecule is CCCCCNC(=O)[C@@H]1[C@H]2C=C[C@@H](CCC)[C@@H](C(=O)OCC)[C@H]2C(=O)N1[C@@H](CO)C(C)C. The van der Waals surface area contributed by atoms with Gasteiger partial charge in [0.05, 0.1) is 31.1 Å². The molecule has 0 aromatic carbocycles. The fourth-order valence-electron chi connectivity index (χ4n) is 5.28. The van der Waals surface area contributed by atoms with Gasteiger partial charge in [0.25, 0.3) is 0 Å². The number of allylic oxidation sites excluding steroid dienone is 1. The van der Waals surface area contributed by atoms with Gasteiger partial charge in [0, 0.05) is 12.5 Å². The first-order valence-corrected chi connectivity index (χ1v) is 12.4. The van der Waals surface area contributed by atoms with Crippen molar-refractivity contribution in [2.45, 2.75) is 78.8 Å². The summed E-state index contributed by atoms with van der Waals surface area (Å²) in [7, 11) is 0. The second-order valence-electron chi connectivity index (χ2n) is 9.40. The molecule has 0 unspecified atom stereocenters. The molecule has 0 aromatic rings. The molecule has 32 heavy (non-hydrogen) atoms. The van der Waals surface area contributed by atoms with Gasteiger partial charge >= 0.3 is 5.97 Å². The quantitative estimate of drug-likeness (QED) is 0.271. The molecule has 2 rings (SSSR count). The standard InChI is InChI=1S/C25H42N2O5/c1-6-9-10-14-26-23(29)22-18-13-12-17(11-7-2)20(25(31)32-8-3)21(18)24(30)27(22)19(15-28)16(4)5/h12-13,16-22,28H,6-11,14-15H2,1-5H3,(H,26,29)/t17-,18+,19+,20-,21+,22+/m1/s1. The van der Waals surface area contributed by atoms with E-state index in [-0.39, 0.29) is 42.8 Å². The summed E-state index contributed by atoms with van der Waals surface area (Å²) in [5, 5.41) is 13.1. The number of nitrogens with one attached hydrogen (secondary N) is 1. The highest BCUT2D eigenvalue weighted by Crippen LogP contribution is 2.46. The van der Waals surface area contributed by atoms with E-state index in [1.54, 1.807) is 11.8 Å². The molecule has 0 saturated carbocycles. The van der Waals surface area contributed by atoms with E-state index in [0.29, 0.717) is 6.54 Å². The lowest BCUT2D eigenvalue weighted by Crippen LogP contribution is -2.54. The highest BCUT2D eigenvalue weighted by molar-refractivity contribution is 5.96. The fourth-order valence-corrected chi connectivity index (χ4v) is 5.28. The van der Waals surface area contributed by atoms with Crippen LogP contribution in [0.15, 0.2) is 12.2 Å². The molecule has 1 aliphatic carbocycles. The third-order valence-corrected chi connectivity index (χ3v) is 6.89. The van der Waals surface area contributed by atoms with Gasteiger partial charge in [-0.2, -0.15) is 0 Å². The smallest absolute Gasteiger partial charge is 0.310 e. The number of carbonyl (C=O) groups is 3. The summed E-state index contributed by atoms with van der Waals surface area (Å²) in [5.74, 6) is -2.59. The first kappa shape index (κ1) is 26.4. The summed E-state index contributed by atoms with van der Waals surface area (Å²) >= 11 is 0. The summed E-state index contributed by atoms with van der Waals surface area (Å²) in [6.07, 6.45) is 8.58. The zero-order chi connectivity index (χ0) is 23.8. The summed E-state index contributed by atoms with van der Waals surface area (Å²) in [5.41, 5.74) is 0. The summed E-state index contributed by atoms with van der Waals surface area (Å²) in [6, 6.07) is -1.22. The number of aliphatic hydroxyl groups is 1. The normalized spacial score (nSPS) is 28.0. The van der Waals surface area contributed by atoms with Gasteiger partial charge in [0.2, 0.25) is 11.8 Å². The molecular formula is C25H42N2O5. The van der Waals surface area contributed by atoms with Crippen LogP contribution in [-0.2, 0) is 19.1 Å². The monoisotopic (exact) mass is 450 g/mol. The fraction of sp³-hybridized carbons (Fsp3) is 0.800. The number of unbranched alkanes of at least 4 members (excludes halogenated alkanes) is 2. The van der Waals surface area contributed by atoms with E-state index in [9.17, 15) is 19.5 Å². The van der Waals surface area contributed by atoms with Gasteiger partial charge in [-0.1, -0.05) is 59.1 Å². The molecule has 7 nitrogen and oxygen atoms in total. The third-order valence-electron chi connectivity index (χ3n) is 6.89. The summed E-state index contributed by atoms with van der Waals surface area (Å²) in [4.78, 5) is 41.7. The number of hydrogen-bond donors (Lipinski definition) is 2. The van der Waals surface area contributed by atoms with Crippen molar-refractivity contribution in [3.63, 3.8) is 0 Å². The molecule has 0 bridgehead atoms. The predicted molar refractivity (Wildman–Crippen MR) is 124 cm³/mol. The van der Waals surface area contributed by atoms with Crippen LogP contribution in [0.25, 0.3) is 0 Å². The molecular weight excluding hydrogens is 408 g/mol. The van der Waals surface area contributed by atoms with Crippen LogP contribution < -0.4 is 5.32 Å². The van der Waals surface area contributed by atoms with E-state index in [1.807, 2.05) is 26.0 Å². The van der Waals surface area contributed by atoms with Gasteiger partial charge in [0.15, 0.2) is 0 Å². The lowest BCUT2D eigenvalue weighted by Gasteiger charge is -2.35. The number of nitrogens with zero attached hydrogens (tertiary/aromatic N) is 1. The van der Waals surface area contributed by atoms with E-state index in [4.69, 9.17) is 4.74 Å². The molecule has 2 aliphatic rings. The number of aliphatic hydroxyl groups excluding tert-OH is 1. The molecule has 1 saturated heterocycles. The maximum atomic E-state index is 13.8. The van der Waals surface area contributed by atoms with Crippen LogP contribution in [-0.4, -0.2) is 59.6 Å². The van der Waals surface area contributed by atoms with Crippen molar-refractivity contribution in [1.82, 2.24) is 10.2 Å². The van der Waals surface area contributed by atoms with Crippen molar-refractivity contribution in [2.24, 2.45) is 29.6 Å². The second-order valence-corrected chi connectivity index (χ2v) is 9.40. The molecule has 2 N–H and O–H groups in total. The molecule has 6 atom stereocenters. The minimum atomic E-state index is -0.732. The third kappa shape index (κ3) is 5.53. The van der Waals surface area contributed by atoms with Gasteiger partial charge < -0.3 is 20.1 Å². The number of carbonyl (C=O) groups excluding carboxylic acids is 3. The Balaban J connectivity index is 2.45. The number of fused-ring (bicyclic) bond motifs is 1.